The summed E-state index contributed by atoms with van der Waals surface area (Å²) >= 11 is 0. The fourth-order valence-corrected chi connectivity index (χ4v) is 2.86. The number of carbonyl (C=O) groups is 1. The Labute approximate surface area is 123 Å². The number of Topliss-reactive ketones (excluding diaryl/α,β-unsaturated/α-hetero) is 1. The molecule has 0 radical (unpaired) electrons. The van der Waals surface area contributed by atoms with Crippen molar-refractivity contribution in [3.63, 3.8) is 0 Å². The monoisotopic (exact) mass is 282 g/mol. The van der Waals surface area contributed by atoms with Crippen molar-refractivity contribution in [3.8, 4) is 0 Å². The van der Waals surface area contributed by atoms with Gasteiger partial charge in [0.2, 0.25) is 0 Å². The third-order valence-corrected chi connectivity index (χ3v) is 4.29. The molecule has 5 nitrogen and oxygen atoms in total. The maximum absolute atomic E-state index is 11.5. The third kappa shape index (κ3) is 2.69. The Hall–Kier alpha value is -2.14. The number of carbonyl (C=O) groups excluding carboxylic acids is 1. The van der Waals surface area contributed by atoms with Gasteiger partial charge in [-0.1, -0.05) is 12.5 Å². The van der Waals surface area contributed by atoms with Crippen molar-refractivity contribution in [2.75, 3.05) is 6.54 Å². The molecule has 108 valence electrons. The molecule has 3 rings (SSSR count). The second kappa shape index (κ2) is 5.69. The molecule has 0 bridgehead atoms. The Kier molecular flexibility index (Phi) is 3.75. The van der Waals surface area contributed by atoms with Gasteiger partial charge in [-0.2, -0.15) is 0 Å². The van der Waals surface area contributed by atoms with Crippen molar-refractivity contribution >= 4 is 5.78 Å². The van der Waals surface area contributed by atoms with Gasteiger partial charge in [0.05, 0.1) is 12.1 Å². The molecule has 1 fully saturated rings. The maximum Gasteiger partial charge on any atom is 0.179 e. The van der Waals surface area contributed by atoms with E-state index in [0.717, 1.165) is 25.1 Å². The number of pyridine rings is 1. The first-order chi connectivity index (χ1) is 10.2. The van der Waals surface area contributed by atoms with Gasteiger partial charge in [-0.15, -0.1) is 0 Å². The average molecular weight is 282 g/mol. The molecule has 21 heavy (non-hydrogen) atoms. The fraction of sp³-hybridized carbons (Fsp3) is 0.375. The van der Waals surface area contributed by atoms with Crippen LogP contribution in [0.1, 0.15) is 41.0 Å². The molecular formula is C16H18N4O. The van der Waals surface area contributed by atoms with E-state index in [0.29, 0.717) is 5.56 Å². The molecule has 0 unspecified atom stereocenters. The average Bonchev–Trinajstić information content (AvgIpc) is 2.51. The fourth-order valence-electron chi connectivity index (χ4n) is 2.86. The van der Waals surface area contributed by atoms with Crippen LogP contribution in [0.25, 0.3) is 0 Å². The second-order valence-electron chi connectivity index (χ2n) is 5.57. The van der Waals surface area contributed by atoms with Crippen LogP contribution in [0, 0.1) is 0 Å². The van der Waals surface area contributed by atoms with E-state index >= 15 is 0 Å². The molecule has 0 amide bonds. The number of hydrogen-bond donors (Lipinski definition) is 1. The largest absolute Gasteiger partial charge is 0.324 e. The maximum atomic E-state index is 11.5. The minimum atomic E-state index is -0.132. The quantitative estimate of drug-likeness (QED) is 0.844. The van der Waals surface area contributed by atoms with Gasteiger partial charge in [-0.05, 0) is 24.5 Å². The summed E-state index contributed by atoms with van der Waals surface area (Å²) in [6.07, 6.45) is 11.1. The van der Waals surface area contributed by atoms with Gasteiger partial charge in [0.25, 0.3) is 0 Å². The van der Waals surface area contributed by atoms with Crippen molar-refractivity contribution in [1.82, 2.24) is 15.0 Å². The van der Waals surface area contributed by atoms with Gasteiger partial charge in [0.1, 0.15) is 5.82 Å². The SMILES string of the molecule is NCC(=O)c1cnc(CC2(c3cccnc3)CCC2)nc1. The van der Waals surface area contributed by atoms with Crippen LogP contribution in [0.5, 0.6) is 0 Å². The van der Waals surface area contributed by atoms with Crippen LogP contribution in [-0.4, -0.2) is 27.3 Å². The topological polar surface area (TPSA) is 81.8 Å². The number of nitrogens with zero attached hydrogens (tertiary/aromatic N) is 3. The predicted octanol–water partition coefficient (Wildman–Crippen LogP) is 1.68. The summed E-state index contributed by atoms with van der Waals surface area (Å²) in [5.74, 6) is 0.638. The standard InChI is InChI=1S/C16H18N4O/c17-8-14(21)12-9-19-15(20-10-12)7-16(4-2-5-16)13-3-1-6-18-11-13/h1,3,6,9-11H,2,4-5,7-8,17H2. The first kappa shape index (κ1) is 13.8. The number of aromatic nitrogens is 3. The Morgan fingerprint density at radius 1 is 1.24 bits per heavy atom. The molecule has 1 saturated carbocycles. The van der Waals surface area contributed by atoms with Gasteiger partial charge in [0, 0.05) is 36.6 Å². The van der Waals surface area contributed by atoms with Crippen LogP contribution in [0.3, 0.4) is 0 Å². The molecule has 2 aromatic rings. The molecule has 0 saturated heterocycles. The van der Waals surface area contributed by atoms with Gasteiger partial charge in [-0.25, -0.2) is 9.97 Å². The van der Waals surface area contributed by atoms with E-state index in [2.05, 4.69) is 21.0 Å². The normalized spacial score (nSPS) is 16.2. The van der Waals surface area contributed by atoms with Crippen molar-refractivity contribution < 1.29 is 4.79 Å². The minimum absolute atomic E-state index is 0.0116. The molecule has 0 spiro atoms. The van der Waals surface area contributed by atoms with Crippen molar-refractivity contribution in [1.29, 1.82) is 0 Å². The van der Waals surface area contributed by atoms with E-state index in [1.807, 2.05) is 12.3 Å². The second-order valence-corrected chi connectivity index (χ2v) is 5.57. The van der Waals surface area contributed by atoms with Crippen LogP contribution >= 0.6 is 0 Å². The van der Waals surface area contributed by atoms with E-state index in [1.165, 1.54) is 12.0 Å². The molecule has 2 N–H and O–H groups in total. The summed E-state index contributed by atoms with van der Waals surface area (Å²) < 4.78 is 0. The summed E-state index contributed by atoms with van der Waals surface area (Å²) in [5.41, 5.74) is 7.17. The van der Waals surface area contributed by atoms with Gasteiger partial charge < -0.3 is 5.73 Å². The van der Waals surface area contributed by atoms with E-state index in [1.54, 1.807) is 18.6 Å². The summed E-state index contributed by atoms with van der Waals surface area (Å²) in [6.45, 7) is -0.0116. The molecule has 2 aromatic heterocycles. The van der Waals surface area contributed by atoms with E-state index < -0.39 is 0 Å². The van der Waals surface area contributed by atoms with Crippen molar-refractivity contribution in [3.05, 3.63) is 53.9 Å². The highest BCUT2D eigenvalue weighted by Crippen LogP contribution is 2.45. The third-order valence-electron chi connectivity index (χ3n) is 4.29. The van der Waals surface area contributed by atoms with Crippen molar-refractivity contribution in [2.45, 2.75) is 31.1 Å². The Balaban J connectivity index is 1.80. The lowest BCUT2D eigenvalue weighted by atomic mass is 9.63. The van der Waals surface area contributed by atoms with Crippen LogP contribution in [0.15, 0.2) is 36.9 Å². The molecule has 0 aliphatic heterocycles. The van der Waals surface area contributed by atoms with E-state index in [-0.39, 0.29) is 17.7 Å². The summed E-state index contributed by atoms with van der Waals surface area (Å²) in [5, 5.41) is 0. The summed E-state index contributed by atoms with van der Waals surface area (Å²) in [4.78, 5) is 24.4. The lowest BCUT2D eigenvalue weighted by Gasteiger charge is -2.41. The van der Waals surface area contributed by atoms with E-state index in [4.69, 9.17) is 5.73 Å². The van der Waals surface area contributed by atoms with Gasteiger partial charge in [0.15, 0.2) is 5.78 Å². The Morgan fingerprint density at radius 3 is 2.52 bits per heavy atom. The molecule has 2 heterocycles. The highest BCUT2D eigenvalue weighted by Gasteiger charge is 2.39. The zero-order valence-electron chi connectivity index (χ0n) is 11.8. The zero-order chi connectivity index (χ0) is 14.7. The van der Waals surface area contributed by atoms with E-state index in [9.17, 15) is 4.79 Å². The predicted molar refractivity (Wildman–Crippen MR) is 78.9 cm³/mol. The van der Waals surface area contributed by atoms with Crippen LogP contribution in [0.4, 0.5) is 0 Å². The zero-order valence-corrected chi connectivity index (χ0v) is 11.8. The number of nitrogens with two attached hydrogens (primary N) is 1. The lowest BCUT2D eigenvalue weighted by molar-refractivity contribution is 0.100. The number of hydrogen-bond acceptors (Lipinski definition) is 5. The van der Waals surface area contributed by atoms with Gasteiger partial charge in [-0.3, -0.25) is 9.78 Å². The van der Waals surface area contributed by atoms with Crippen LogP contribution < -0.4 is 5.73 Å². The van der Waals surface area contributed by atoms with Crippen LogP contribution in [-0.2, 0) is 11.8 Å². The number of rotatable bonds is 5. The van der Waals surface area contributed by atoms with Gasteiger partial charge >= 0.3 is 0 Å². The highest BCUT2D eigenvalue weighted by atomic mass is 16.1. The first-order valence-corrected chi connectivity index (χ1v) is 7.18. The minimum Gasteiger partial charge on any atom is -0.324 e. The van der Waals surface area contributed by atoms with Crippen molar-refractivity contribution in [2.24, 2.45) is 5.73 Å². The smallest absolute Gasteiger partial charge is 0.179 e. The number of ketones is 1. The molecule has 1 aliphatic carbocycles. The molecule has 0 atom stereocenters. The molecule has 1 aliphatic rings. The molecule has 5 heteroatoms. The van der Waals surface area contributed by atoms with Crippen LogP contribution in [0.2, 0.25) is 0 Å². The molecular weight excluding hydrogens is 264 g/mol. The lowest BCUT2D eigenvalue weighted by Crippen LogP contribution is -2.37. The summed E-state index contributed by atoms with van der Waals surface area (Å²) in [7, 11) is 0. The highest BCUT2D eigenvalue weighted by molar-refractivity contribution is 5.96. The summed E-state index contributed by atoms with van der Waals surface area (Å²) in [6, 6.07) is 4.09. The molecule has 0 aromatic carbocycles. The first-order valence-electron chi connectivity index (χ1n) is 7.18. The Bertz CT molecular complexity index is 620. The Morgan fingerprint density at radius 2 is 2.00 bits per heavy atom.